The second-order valence-corrected chi connectivity index (χ2v) is 14.9. The van der Waals surface area contributed by atoms with Gasteiger partial charge in [0.2, 0.25) is 6.71 Å². The molecule has 0 fully saturated rings. The van der Waals surface area contributed by atoms with Gasteiger partial charge in [0, 0.05) is 57.6 Å². The van der Waals surface area contributed by atoms with E-state index in [9.17, 15) is 0 Å². The lowest BCUT2D eigenvalue weighted by Crippen LogP contribution is -2.66. The van der Waals surface area contributed by atoms with Crippen LogP contribution in [0.2, 0.25) is 0 Å². The maximum atomic E-state index is 5.05. The summed E-state index contributed by atoms with van der Waals surface area (Å²) in [7, 11) is 0. The summed E-state index contributed by atoms with van der Waals surface area (Å²) >= 11 is 0. The Kier molecular flexibility index (Phi) is 7.05. The zero-order valence-corrected chi connectivity index (χ0v) is 30.9. The van der Waals surface area contributed by atoms with Crippen LogP contribution in [0.25, 0.3) is 10.9 Å². The molecule has 5 nitrogen and oxygen atoms in total. The molecular weight excluding hydrogens is 692 g/mol. The van der Waals surface area contributed by atoms with E-state index in [4.69, 9.17) is 9.97 Å². The molecule has 3 aliphatic rings. The number of fused-ring (bicyclic) bond motifs is 8. The van der Waals surface area contributed by atoms with Crippen molar-refractivity contribution in [1.29, 1.82) is 0 Å². The fourth-order valence-electron chi connectivity index (χ4n) is 9.80. The van der Waals surface area contributed by atoms with Gasteiger partial charge >= 0.3 is 0 Å². The molecule has 0 saturated heterocycles. The molecule has 5 heterocycles. The zero-order valence-electron chi connectivity index (χ0n) is 30.9. The van der Waals surface area contributed by atoms with Crippen molar-refractivity contribution < 1.29 is 0 Å². The topological polar surface area (TPSA) is 35.5 Å². The second-order valence-electron chi connectivity index (χ2n) is 14.9. The number of hydrogen-bond acceptors (Lipinski definition) is 5. The molecule has 7 heteroatoms. The van der Waals surface area contributed by atoms with Crippen LogP contribution in [0.15, 0.2) is 201 Å². The van der Waals surface area contributed by atoms with Crippen molar-refractivity contribution in [3.05, 3.63) is 201 Å². The third-order valence-corrected chi connectivity index (χ3v) is 12.0. The van der Waals surface area contributed by atoms with Crippen LogP contribution >= 0.6 is 0 Å². The average molecular weight is 725 g/mol. The molecule has 0 saturated carbocycles. The van der Waals surface area contributed by atoms with Crippen molar-refractivity contribution in [3.63, 3.8) is 0 Å². The van der Waals surface area contributed by atoms with Crippen LogP contribution < -0.4 is 47.5 Å². The molecule has 0 spiro atoms. The molecule has 0 aliphatic carbocycles. The minimum Gasteiger partial charge on any atom is -0.311 e. The van der Waals surface area contributed by atoms with Crippen molar-refractivity contribution in [1.82, 2.24) is 9.97 Å². The second kappa shape index (κ2) is 12.6. The van der Waals surface area contributed by atoms with Gasteiger partial charge in [-0.3, -0.25) is 9.97 Å². The molecular formula is C50H33B2N5. The molecule has 0 atom stereocenters. The molecule has 57 heavy (non-hydrogen) atoms. The van der Waals surface area contributed by atoms with Gasteiger partial charge in [-0.15, -0.1) is 0 Å². The van der Waals surface area contributed by atoms with Crippen LogP contribution in [-0.2, 0) is 0 Å². The summed E-state index contributed by atoms with van der Waals surface area (Å²) in [5.74, 6) is 0. The highest BCUT2D eigenvalue weighted by Crippen LogP contribution is 2.48. The van der Waals surface area contributed by atoms with Gasteiger partial charge in [-0.1, -0.05) is 127 Å². The molecule has 9 aromatic rings. The maximum absolute atomic E-state index is 5.05. The summed E-state index contributed by atoms with van der Waals surface area (Å²) in [6, 6.07) is 66.3. The lowest BCUT2D eigenvalue weighted by molar-refractivity contribution is 1.21. The van der Waals surface area contributed by atoms with E-state index >= 15 is 0 Å². The normalized spacial score (nSPS) is 13.4. The van der Waals surface area contributed by atoms with Gasteiger partial charge in [0.15, 0.2) is 0 Å². The number of benzene rings is 7. The Hall–Kier alpha value is -7.37. The van der Waals surface area contributed by atoms with E-state index in [0.29, 0.717) is 0 Å². The number of rotatable bonds is 4. The van der Waals surface area contributed by atoms with Gasteiger partial charge in [0.25, 0.3) is 6.71 Å². The Morgan fingerprint density at radius 3 is 1.65 bits per heavy atom. The number of pyridine rings is 2. The average Bonchev–Trinajstić information content (AvgIpc) is 3.28. The number of para-hydroxylation sites is 5. The van der Waals surface area contributed by atoms with Crippen molar-refractivity contribution >= 4 is 108 Å². The van der Waals surface area contributed by atoms with Crippen LogP contribution in [0.3, 0.4) is 0 Å². The van der Waals surface area contributed by atoms with E-state index in [0.717, 1.165) is 50.7 Å². The summed E-state index contributed by atoms with van der Waals surface area (Å²) in [6.45, 7) is -0.0915. The highest BCUT2D eigenvalue weighted by Gasteiger charge is 2.48. The molecule has 0 bridgehead atoms. The predicted octanol–water partition coefficient (Wildman–Crippen LogP) is 8.01. The summed E-state index contributed by atoms with van der Waals surface area (Å²) in [4.78, 5) is 17.2. The largest absolute Gasteiger partial charge is 0.311 e. The van der Waals surface area contributed by atoms with Crippen LogP contribution in [-0.4, -0.2) is 23.4 Å². The minimum atomic E-state index is -0.0793. The molecule has 2 aromatic heterocycles. The number of nitrogens with zero attached hydrogens (tertiary/aromatic N) is 5. The van der Waals surface area contributed by atoms with Crippen LogP contribution in [0, 0.1) is 0 Å². The summed E-state index contributed by atoms with van der Waals surface area (Å²) in [6.07, 6.45) is 5.78. The fraction of sp³-hybridized carbons (Fsp3) is 0. The molecule has 3 aliphatic heterocycles. The quantitative estimate of drug-likeness (QED) is 0.172. The van der Waals surface area contributed by atoms with Crippen LogP contribution in [0.5, 0.6) is 0 Å². The summed E-state index contributed by atoms with van der Waals surface area (Å²) < 4.78 is 0. The highest BCUT2D eigenvalue weighted by atomic mass is 15.2. The lowest BCUT2D eigenvalue weighted by atomic mass is 9.30. The minimum absolute atomic E-state index is 0.0122. The Balaban J connectivity index is 1.30. The van der Waals surface area contributed by atoms with Crippen LogP contribution in [0.1, 0.15) is 0 Å². The van der Waals surface area contributed by atoms with Gasteiger partial charge in [-0.25, -0.2) is 0 Å². The SMILES string of the molecule is c1ccc(B2c3ccccc3N(c3cccc4cccnc34)c3cc4c5c(c32)N(c2cccnc2)c2ccccc2B5c2ccccc2N4c2ccccc2)cc1. The predicted molar refractivity (Wildman–Crippen MR) is 239 cm³/mol. The third kappa shape index (κ3) is 4.66. The Labute approximate surface area is 332 Å². The Morgan fingerprint density at radius 2 is 0.930 bits per heavy atom. The number of anilines is 9. The Bertz CT molecular complexity index is 3000. The van der Waals surface area contributed by atoms with Crippen molar-refractivity contribution in [3.8, 4) is 0 Å². The molecule has 264 valence electrons. The highest BCUT2D eigenvalue weighted by molar-refractivity contribution is 7.03. The first-order valence-corrected chi connectivity index (χ1v) is 19.6. The van der Waals surface area contributed by atoms with Gasteiger partial charge < -0.3 is 14.7 Å². The van der Waals surface area contributed by atoms with Gasteiger partial charge in [-0.2, -0.15) is 0 Å². The van der Waals surface area contributed by atoms with Gasteiger partial charge in [0.1, 0.15) is 0 Å². The maximum Gasteiger partial charge on any atom is 0.252 e. The molecule has 7 aromatic carbocycles. The van der Waals surface area contributed by atoms with E-state index in [1.165, 1.54) is 44.2 Å². The van der Waals surface area contributed by atoms with Crippen molar-refractivity contribution in [2.75, 3.05) is 14.7 Å². The van der Waals surface area contributed by atoms with E-state index in [-0.39, 0.29) is 13.4 Å². The monoisotopic (exact) mass is 725 g/mol. The standard InChI is InChI=1S/C50H33B2N5/c1-3-18-35(19-4-1)51-38-23-7-12-28-43(38)57(44-29-13-16-34-17-14-31-54-49(34)44)46-32-45-48-50(47(46)51)56(37-22-15-30-53-33-37)42-27-11-9-25-40(42)52(48)39-24-8-10-26-41(39)55(45)36-20-5-2-6-21-36/h1-33H. The lowest BCUT2D eigenvalue weighted by Gasteiger charge is -2.48. The van der Waals surface area contributed by atoms with Crippen LogP contribution in [0.4, 0.5) is 51.2 Å². The summed E-state index contributed by atoms with van der Waals surface area (Å²) in [5.41, 5.74) is 18.7. The van der Waals surface area contributed by atoms with E-state index < -0.39 is 0 Å². The van der Waals surface area contributed by atoms with E-state index in [2.05, 4.69) is 191 Å². The van der Waals surface area contributed by atoms with Crippen molar-refractivity contribution in [2.24, 2.45) is 0 Å². The van der Waals surface area contributed by atoms with E-state index in [1.807, 2.05) is 24.7 Å². The first-order valence-electron chi connectivity index (χ1n) is 19.6. The molecule has 0 N–H and O–H groups in total. The first-order chi connectivity index (χ1) is 28.3. The summed E-state index contributed by atoms with van der Waals surface area (Å²) in [5, 5.41) is 1.10. The van der Waals surface area contributed by atoms with Crippen molar-refractivity contribution in [2.45, 2.75) is 0 Å². The number of aromatic nitrogens is 2. The molecule has 0 amide bonds. The van der Waals surface area contributed by atoms with E-state index in [1.54, 1.807) is 0 Å². The third-order valence-electron chi connectivity index (χ3n) is 12.0. The zero-order chi connectivity index (χ0) is 37.5. The molecule has 12 rings (SSSR count). The van der Waals surface area contributed by atoms with Gasteiger partial charge in [-0.05, 0) is 88.0 Å². The molecule has 0 radical (unpaired) electrons. The van der Waals surface area contributed by atoms with Gasteiger partial charge in [0.05, 0.1) is 23.1 Å². The number of hydrogen-bond donors (Lipinski definition) is 0. The smallest absolute Gasteiger partial charge is 0.252 e. The Morgan fingerprint density at radius 1 is 0.386 bits per heavy atom. The fourth-order valence-corrected chi connectivity index (χ4v) is 9.80. The molecule has 0 unspecified atom stereocenters. The first kappa shape index (κ1) is 31.9.